The van der Waals surface area contributed by atoms with Crippen molar-refractivity contribution in [3.8, 4) is 5.75 Å². The van der Waals surface area contributed by atoms with Crippen molar-refractivity contribution in [2.75, 3.05) is 52.4 Å². The van der Waals surface area contributed by atoms with Crippen LogP contribution >= 0.6 is 0 Å². The lowest BCUT2D eigenvalue weighted by molar-refractivity contribution is -0.137. The van der Waals surface area contributed by atoms with Gasteiger partial charge in [-0.15, -0.1) is 0 Å². The number of β-amino-alcohol motifs (C(OH)–C–C–N with tert-alkyl or cyclic N) is 1. The fraction of sp³-hybridized carbons (Fsp3) is 0.463. The number of ether oxygens (including phenoxy) is 1. The fourth-order valence-electron chi connectivity index (χ4n) is 7.54. The third-order valence-electron chi connectivity index (χ3n) is 10.3. The molecule has 0 aliphatic carbocycles. The summed E-state index contributed by atoms with van der Waals surface area (Å²) in [6.45, 7) is 6.48. The molecule has 7 heteroatoms. The number of piperidine rings is 1. The summed E-state index contributed by atoms with van der Waals surface area (Å²) in [6, 6.07) is 31.6. The molecule has 2 aliphatic rings. The van der Waals surface area contributed by atoms with Gasteiger partial charge in [0, 0.05) is 69.4 Å². The van der Waals surface area contributed by atoms with Crippen LogP contribution < -0.4 is 4.74 Å². The molecule has 0 spiro atoms. The number of pyridine rings is 1. The largest absolute Gasteiger partial charge is 0.490 e. The predicted octanol–water partition coefficient (Wildman–Crippen LogP) is 6.25. The number of carbonyl (C=O) groups excluding carboxylic acids is 1. The topological polar surface area (TPSA) is 69.1 Å². The molecule has 1 aromatic heterocycles. The zero-order valence-corrected chi connectivity index (χ0v) is 28.3. The molecule has 254 valence electrons. The standard InChI is InChI=1S/C41H52N4O3/c46-37(32-48-40-21-24-42-39-20-8-7-19-38(39)40)31-43-27-29-44(30-28-43)36-22-25-45(26-23-36)41(47)35(17-9-15-33-11-3-1-4-12-33)18-10-16-34-13-5-2-6-14-34/h1-8,11-14,19-21,24,35-37,46H,9-10,15-18,22-23,25-32H2/t37-/m1/s1. The lowest BCUT2D eigenvalue weighted by Crippen LogP contribution is -2.55. The molecule has 2 aliphatic heterocycles. The highest BCUT2D eigenvalue weighted by Gasteiger charge is 2.32. The molecule has 2 fully saturated rings. The quantitative estimate of drug-likeness (QED) is 0.165. The zero-order chi connectivity index (χ0) is 33.0. The minimum Gasteiger partial charge on any atom is -0.490 e. The number of para-hydroxylation sites is 1. The first-order valence-electron chi connectivity index (χ1n) is 18.1. The molecule has 4 aromatic rings. The summed E-state index contributed by atoms with van der Waals surface area (Å²) in [4.78, 5) is 25.4. The van der Waals surface area contributed by atoms with Gasteiger partial charge >= 0.3 is 0 Å². The predicted molar refractivity (Wildman–Crippen MR) is 193 cm³/mol. The Labute approximate surface area is 286 Å². The van der Waals surface area contributed by atoms with Crippen LogP contribution in [0.15, 0.2) is 97.2 Å². The highest BCUT2D eigenvalue weighted by Crippen LogP contribution is 2.26. The van der Waals surface area contributed by atoms with E-state index >= 15 is 0 Å². The molecule has 0 unspecified atom stereocenters. The van der Waals surface area contributed by atoms with Gasteiger partial charge in [-0.2, -0.15) is 0 Å². The van der Waals surface area contributed by atoms with Gasteiger partial charge in [-0.3, -0.25) is 19.6 Å². The maximum atomic E-state index is 13.9. The van der Waals surface area contributed by atoms with Gasteiger partial charge in [0.2, 0.25) is 5.91 Å². The lowest BCUT2D eigenvalue weighted by atomic mass is 9.91. The molecular formula is C41H52N4O3. The number of hydrogen-bond donors (Lipinski definition) is 1. The van der Waals surface area contributed by atoms with E-state index in [0.717, 1.165) is 107 Å². The van der Waals surface area contributed by atoms with Crippen molar-refractivity contribution in [2.24, 2.45) is 5.92 Å². The van der Waals surface area contributed by atoms with Gasteiger partial charge in [0.15, 0.2) is 0 Å². The molecule has 3 heterocycles. The van der Waals surface area contributed by atoms with E-state index in [1.54, 1.807) is 6.20 Å². The van der Waals surface area contributed by atoms with Crippen LogP contribution in [0.25, 0.3) is 10.9 Å². The summed E-state index contributed by atoms with van der Waals surface area (Å²) in [5, 5.41) is 11.7. The maximum absolute atomic E-state index is 13.9. The Morgan fingerprint density at radius 1 is 0.771 bits per heavy atom. The Morgan fingerprint density at radius 2 is 1.38 bits per heavy atom. The third-order valence-corrected chi connectivity index (χ3v) is 10.3. The molecule has 7 nitrogen and oxygen atoms in total. The number of benzene rings is 3. The monoisotopic (exact) mass is 648 g/mol. The normalized spacial score (nSPS) is 17.2. The van der Waals surface area contributed by atoms with Crippen LogP contribution in [0, 0.1) is 5.92 Å². The molecule has 0 bridgehead atoms. The van der Waals surface area contributed by atoms with E-state index < -0.39 is 6.10 Å². The van der Waals surface area contributed by atoms with E-state index in [2.05, 4.69) is 80.3 Å². The average molecular weight is 649 g/mol. The molecule has 1 N–H and O–H groups in total. The highest BCUT2D eigenvalue weighted by atomic mass is 16.5. The second-order valence-electron chi connectivity index (χ2n) is 13.6. The van der Waals surface area contributed by atoms with Crippen molar-refractivity contribution in [1.82, 2.24) is 19.7 Å². The number of aryl methyl sites for hydroxylation is 2. The summed E-state index contributed by atoms with van der Waals surface area (Å²) < 4.78 is 6.01. The molecule has 0 saturated carbocycles. The van der Waals surface area contributed by atoms with Gasteiger partial charge in [-0.05, 0) is 80.7 Å². The number of piperazine rings is 1. The molecule has 1 amide bonds. The molecule has 48 heavy (non-hydrogen) atoms. The van der Waals surface area contributed by atoms with Gasteiger partial charge in [-0.1, -0.05) is 72.8 Å². The van der Waals surface area contributed by atoms with Crippen molar-refractivity contribution < 1.29 is 14.6 Å². The van der Waals surface area contributed by atoms with Gasteiger partial charge in [0.25, 0.3) is 0 Å². The van der Waals surface area contributed by atoms with E-state index in [1.807, 2.05) is 30.3 Å². The summed E-state index contributed by atoms with van der Waals surface area (Å²) in [7, 11) is 0. The molecule has 0 radical (unpaired) electrons. The van der Waals surface area contributed by atoms with Crippen molar-refractivity contribution in [3.05, 3.63) is 108 Å². The number of rotatable bonds is 15. The van der Waals surface area contributed by atoms with Gasteiger partial charge in [0.05, 0.1) is 5.52 Å². The fourth-order valence-corrected chi connectivity index (χ4v) is 7.54. The average Bonchev–Trinajstić information content (AvgIpc) is 3.14. The minimum atomic E-state index is -0.550. The lowest BCUT2D eigenvalue weighted by Gasteiger charge is -2.43. The van der Waals surface area contributed by atoms with Crippen LogP contribution in [0.1, 0.15) is 49.7 Å². The summed E-state index contributed by atoms with van der Waals surface area (Å²) in [5.74, 6) is 1.24. The zero-order valence-electron chi connectivity index (χ0n) is 28.3. The Balaban J connectivity index is 0.927. The van der Waals surface area contributed by atoms with Crippen LogP contribution in [0.2, 0.25) is 0 Å². The number of hydrogen-bond acceptors (Lipinski definition) is 6. The Hall–Kier alpha value is -3.78. The summed E-state index contributed by atoms with van der Waals surface area (Å²) in [6.07, 6.45) is 9.37. The highest BCUT2D eigenvalue weighted by molar-refractivity contribution is 5.84. The Kier molecular flexibility index (Phi) is 12.5. The molecular weight excluding hydrogens is 596 g/mol. The van der Waals surface area contributed by atoms with Crippen LogP contribution in [0.5, 0.6) is 5.75 Å². The van der Waals surface area contributed by atoms with E-state index in [-0.39, 0.29) is 12.5 Å². The van der Waals surface area contributed by atoms with Crippen molar-refractivity contribution in [1.29, 1.82) is 0 Å². The summed E-state index contributed by atoms with van der Waals surface area (Å²) in [5.41, 5.74) is 3.61. The van der Waals surface area contributed by atoms with Crippen LogP contribution in [-0.2, 0) is 17.6 Å². The van der Waals surface area contributed by atoms with E-state index in [1.165, 1.54) is 11.1 Å². The first-order valence-corrected chi connectivity index (χ1v) is 18.1. The number of likely N-dealkylation sites (tertiary alicyclic amines) is 1. The van der Waals surface area contributed by atoms with E-state index in [4.69, 9.17) is 4.74 Å². The van der Waals surface area contributed by atoms with Crippen molar-refractivity contribution in [3.63, 3.8) is 0 Å². The first-order chi connectivity index (χ1) is 23.6. The minimum absolute atomic E-state index is 0.102. The second-order valence-corrected chi connectivity index (χ2v) is 13.6. The number of aliphatic hydroxyl groups excluding tert-OH is 1. The molecule has 6 rings (SSSR count). The number of carbonyl (C=O) groups is 1. The smallest absolute Gasteiger partial charge is 0.225 e. The number of aliphatic hydroxyl groups is 1. The maximum Gasteiger partial charge on any atom is 0.225 e. The number of aromatic nitrogens is 1. The third kappa shape index (κ3) is 9.65. The molecule has 1 atom stereocenters. The number of amides is 1. The van der Waals surface area contributed by atoms with E-state index in [0.29, 0.717) is 18.5 Å². The van der Waals surface area contributed by atoms with Gasteiger partial charge < -0.3 is 14.7 Å². The van der Waals surface area contributed by atoms with Crippen molar-refractivity contribution in [2.45, 2.75) is 63.5 Å². The van der Waals surface area contributed by atoms with Crippen molar-refractivity contribution >= 4 is 16.8 Å². The molecule has 3 aromatic carbocycles. The SMILES string of the molecule is O=C(C(CCCc1ccccc1)CCCc1ccccc1)N1CCC(N2CCN(C[C@@H](O)COc3ccnc4ccccc34)CC2)CC1. The number of nitrogens with zero attached hydrogens (tertiary/aromatic N) is 4. The number of fused-ring (bicyclic) bond motifs is 1. The van der Waals surface area contributed by atoms with Crippen LogP contribution in [0.4, 0.5) is 0 Å². The Bertz CT molecular complexity index is 1480. The van der Waals surface area contributed by atoms with Gasteiger partial charge in [0.1, 0.15) is 18.5 Å². The molecule has 2 saturated heterocycles. The second kappa shape index (κ2) is 17.6. The Morgan fingerprint density at radius 3 is 2.02 bits per heavy atom. The van der Waals surface area contributed by atoms with Crippen LogP contribution in [0.3, 0.4) is 0 Å². The summed E-state index contributed by atoms with van der Waals surface area (Å²) >= 11 is 0. The van der Waals surface area contributed by atoms with Gasteiger partial charge in [-0.25, -0.2) is 0 Å². The van der Waals surface area contributed by atoms with E-state index in [9.17, 15) is 9.90 Å². The van der Waals surface area contributed by atoms with Crippen LogP contribution in [-0.4, -0.2) is 95.3 Å². The first kappa shape index (κ1) is 34.1.